The summed E-state index contributed by atoms with van der Waals surface area (Å²) in [6.07, 6.45) is 1.59. The average molecular weight is 319 g/mol. The molecule has 0 saturated carbocycles. The van der Waals surface area contributed by atoms with Crippen LogP contribution in [0.2, 0.25) is 5.02 Å². The van der Waals surface area contributed by atoms with Crippen LogP contribution in [0.3, 0.4) is 0 Å². The van der Waals surface area contributed by atoms with E-state index in [1.165, 1.54) is 17.3 Å². The third-order valence-electron chi connectivity index (χ3n) is 2.73. The molecular formula is C16H15ClN2OS. The van der Waals surface area contributed by atoms with E-state index in [9.17, 15) is 4.79 Å². The maximum absolute atomic E-state index is 11.7. The SMILES string of the molecule is Cc1ccccc1SCC(=O)N/N=C/c1ccc(Cl)cc1. The number of benzene rings is 2. The molecule has 0 aliphatic heterocycles. The minimum atomic E-state index is -0.131. The molecule has 2 rings (SSSR count). The van der Waals surface area contributed by atoms with Gasteiger partial charge in [-0.2, -0.15) is 5.10 Å². The van der Waals surface area contributed by atoms with Crippen LogP contribution in [0.1, 0.15) is 11.1 Å². The molecule has 2 aromatic rings. The Balaban J connectivity index is 1.80. The predicted molar refractivity (Wildman–Crippen MR) is 89.1 cm³/mol. The highest BCUT2D eigenvalue weighted by Gasteiger charge is 2.03. The lowest BCUT2D eigenvalue weighted by atomic mass is 10.2. The highest BCUT2D eigenvalue weighted by molar-refractivity contribution is 8.00. The van der Waals surface area contributed by atoms with Gasteiger partial charge in [0.2, 0.25) is 5.91 Å². The first kappa shape index (κ1) is 15.6. The number of halogens is 1. The number of amides is 1. The van der Waals surface area contributed by atoms with Gasteiger partial charge in [-0.05, 0) is 36.2 Å². The second-order valence-corrected chi connectivity index (χ2v) is 5.85. The topological polar surface area (TPSA) is 41.5 Å². The Bertz CT molecular complexity index is 641. The summed E-state index contributed by atoms with van der Waals surface area (Å²) in [5.41, 5.74) is 4.56. The quantitative estimate of drug-likeness (QED) is 0.516. The van der Waals surface area contributed by atoms with E-state index >= 15 is 0 Å². The van der Waals surface area contributed by atoms with Crippen LogP contribution >= 0.6 is 23.4 Å². The van der Waals surface area contributed by atoms with Crippen molar-refractivity contribution in [3.63, 3.8) is 0 Å². The molecule has 0 spiro atoms. The summed E-state index contributed by atoms with van der Waals surface area (Å²) in [5.74, 6) is 0.205. The minimum Gasteiger partial charge on any atom is -0.272 e. The second-order valence-electron chi connectivity index (χ2n) is 4.40. The van der Waals surface area contributed by atoms with Gasteiger partial charge < -0.3 is 0 Å². The van der Waals surface area contributed by atoms with Crippen LogP contribution < -0.4 is 5.43 Å². The van der Waals surface area contributed by atoms with Crippen molar-refractivity contribution < 1.29 is 4.79 Å². The molecule has 0 radical (unpaired) electrons. The zero-order valence-corrected chi connectivity index (χ0v) is 13.1. The monoisotopic (exact) mass is 318 g/mol. The standard InChI is InChI=1S/C16H15ClN2OS/c1-12-4-2-3-5-15(12)21-11-16(20)19-18-10-13-6-8-14(17)9-7-13/h2-10H,11H2,1H3,(H,19,20)/b18-10+. The van der Waals surface area contributed by atoms with E-state index in [-0.39, 0.29) is 5.91 Å². The van der Waals surface area contributed by atoms with Gasteiger partial charge in [0.1, 0.15) is 0 Å². The third kappa shape index (κ3) is 5.25. The normalized spacial score (nSPS) is 10.8. The molecule has 0 heterocycles. The van der Waals surface area contributed by atoms with Crippen molar-refractivity contribution in [3.8, 4) is 0 Å². The predicted octanol–water partition coefficient (Wildman–Crippen LogP) is 3.89. The zero-order valence-electron chi connectivity index (χ0n) is 11.5. The summed E-state index contributed by atoms with van der Waals surface area (Å²) in [4.78, 5) is 12.8. The van der Waals surface area contributed by atoms with Crippen LogP contribution in [-0.2, 0) is 4.79 Å². The molecule has 0 bridgehead atoms. The summed E-state index contributed by atoms with van der Waals surface area (Å²) in [5, 5.41) is 4.60. The summed E-state index contributed by atoms with van der Waals surface area (Å²) >= 11 is 7.29. The molecule has 0 aliphatic rings. The molecule has 5 heteroatoms. The fraction of sp³-hybridized carbons (Fsp3) is 0.125. The Kier molecular flexibility index (Phi) is 5.84. The molecule has 108 valence electrons. The van der Waals surface area contributed by atoms with Crippen LogP contribution in [0.4, 0.5) is 0 Å². The summed E-state index contributed by atoms with van der Waals surface area (Å²) < 4.78 is 0. The van der Waals surface area contributed by atoms with E-state index in [4.69, 9.17) is 11.6 Å². The van der Waals surface area contributed by atoms with Gasteiger partial charge in [-0.25, -0.2) is 5.43 Å². The molecule has 1 N–H and O–H groups in total. The Morgan fingerprint density at radius 1 is 1.24 bits per heavy atom. The number of rotatable bonds is 5. The van der Waals surface area contributed by atoms with Gasteiger partial charge in [-0.3, -0.25) is 4.79 Å². The molecule has 0 saturated heterocycles. The first-order valence-electron chi connectivity index (χ1n) is 6.41. The molecular weight excluding hydrogens is 304 g/mol. The Hall–Kier alpha value is -1.78. The van der Waals surface area contributed by atoms with Gasteiger partial charge >= 0.3 is 0 Å². The van der Waals surface area contributed by atoms with Gasteiger partial charge in [-0.15, -0.1) is 11.8 Å². The van der Waals surface area contributed by atoms with E-state index in [2.05, 4.69) is 10.5 Å². The van der Waals surface area contributed by atoms with E-state index in [0.717, 1.165) is 10.5 Å². The minimum absolute atomic E-state index is 0.131. The lowest BCUT2D eigenvalue weighted by Gasteiger charge is -2.03. The van der Waals surface area contributed by atoms with Crippen molar-refractivity contribution in [2.45, 2.75) is 11.8 Å². The van der Waals surface area contributed by atoms with E-state index in [1.54, 1.807) is 18.3 Å². The highest BCUT2D eigenvalue weighted by atomic mass is 35.5. The number of hydrogen-bond donors (Lipinski definition) is 1. The van der Waals surface area contributed by atoms with Gasteiger partial charge in [-0.1, -0.05) is 41.9 Å². The summed E-state index contributed by atoms with van der Waals surface area (Å²) in [6, 6.07) is 15.2. The Morgan fingerprint density at radius 3 is 2.67 bits per heavy atom. The molecule has 0 aliphatic carbocycles. The molecule has 1 amide bonds. The van der Waals surface area contributed by atoms with Crippen molar-refractivity contribution in [2.24, 2.45) is 5.10 Å². The van der Waals surface area contributed by atoms with Crippen LogP contribution in [0.25, 0.3) is 0 Å². The fourth-order valence-electron chi connectivity index (χ4n) is 1.62. The Labute approximate surface area is 133 Å². The van der Waals surface area contributed by atoms with Crippen LogP contribution in [0.15, 0.2) is 58.5 Å². The van der Waals surface area contributed by atoms with Gasteiger partial charge in [0.15, 0.2) is 0 Å². The van der Waals surface area contributed by atoms with Crippen molar-refractivity contribution in [2.75, 3.05) is 5.75 Å². The number of carbonyl (C=O) groups excluding carboxylic acids is 1. The molecule has 21 heavy (non-hydrogen) atoms. The number of nitrogens with one attached hydrogen (secondary N) is 1. The van der Waals surface area contributed by atoms with Crippen molar-refractivity contribution >= 4 is 35.5 Å². The van der Waals surface area contributed by atoms with E-state index < -0.39 is 0 Å². The summed E-state index contributed by atoms with van der Waals surface area (Å²) in [6.45, 7) is 2.03. The number of carbonyl (C=O) groups is 1. The number of thioether (sulfide) groups is 1. The van der Waals surface area contributed by atoms with Crippen LogP contribution in [0, 0.1) is 6.92 Å². The van der Waals surface area contributed by atoms with Gasteiger partial charge in [0, 0.05) is 9.92 Å². The van der Waals surface area contributed by atoms with E-state index in [1.807, 2.05) is 43.3 Å². The molecule has 0 fully saturated rings. The smallest absolute Gasteiger partial charge is 0.250 e. The third-order valence-corrected chi connectivity index (χ3v) is 4.15. The van der Waals surface area contributed by atoms with Crippen LogP contribution in [0.5, 0.6) is 0 Å². The zero-order chi connectivity index (χ0) is 15.1. The Morgan fingerprint density at radius 2 is 1.95 bits per heavy atom. The number of hydrogen-bond acceptors (Lipinski definition) is 3. The lowest BCUT2D eigenvalue weighted by molar-refractivity contribution is -0.118. The van der Waals surface area contributed by atoms with Gasteiger partial charge in [0.25, 0.3) is 0 Å². The molecule has 0 atom stereocenters. The number of hydrazone groups is 1. The lowest BCUT2D eigenvalue weighted by Crippen LogP contribution is -2.19. The van der Waals surface area contributed by atoms with Gasteiger partial charge in [0.05, 0.1) is 12.0 Å². The largest absolute Gasteiger partial charge is 0.272 e. The van der Waals surface area contributed by atoms with Crippen molar-refractivity contribution in [3.05, 3.63) is 64.7 Å². The highest BCUT2D eigenvalue weighted by Crippen LogP contribution is 2.21. The maximum Gasteiger partial charge on any atom is 0.250 e. The fourth-order valence-corrected chi connectivity index (χ4v) is 2.57. The number of aryl methyl sites for hydroxylation is 1. The molecule has 0 unspecified atom stereocenters. The van der Waals surface area contributed by atoms with Crippen molar-refractivity contribution in [1.82, 2.24) is 5.43 Å². The number of nitrogens with zero attached hydrogens (tertiary/aromatic N) is 1. The molecule has 3 nitrogen and oxygen atoms in total. The molecule has 2 aromatic carbocycles. The molecule has 0 aromatic heterocycles. The second kappa shape index (κ2) is 7.86. The maximum atomic E-state index is 11.7. The van der Waals surface area contributed by atoms with Crippen molar-refractivity contribution in [1.29, 1.82) is 0 Å². The summed E-state index contributed by atoms with van der Waals surface area (Å²) in [7, 11) is 0. The average Bonchev–Trinajstić information content (AvgIpc) is 2.48. The van der Waals surface area contributed by atoms with E-state index in [0.29, 0.717) is 10.8 Å². The first-order chi connectivity index (χ1) is 10.1. The first-order valence-corrected chi connectivity index (χ1v) is 7.77. The van der Waals surface area contributed by atoms with Crippen LogP contribution in [-0.4, -0.2) is 17.9 Å².